The third-order valence-corrected chi connectivity index (χ3v) is 3.19. The van der Waals surface area contributed by atoms with Gasteiger partial charge in [-0.15, -0.1) is 0 Å². The Morgan fingerprint density at radius 1 is 1.25 bits per heavy atom. The Bertz CT molecular complexity index is 823. The maximum atomic E-state index is 11.4. The molecule has 100 valence electrons. The highest BCUT2D eigenvalue weighted by Gasteiger charge is 2.57. The number of allylic oxidation sites excluding steroid dienone is 2. The first-order chi connectivity index (χ1) is 9.67. The minimum Gasteiger partial charge on any atom is -0.451 e. The molecule has 2 aromatic rings. The van der Waals surface area contributed by atoms with Crippen molar-refractivity contribution >= 4 is 11.0 Å². The fourth-order valence-corrected chi connectivity index (χ4v) is 2.12. The van der Waals surface area contributed by atoms with E-state index in [9.17, 15) is 4.79 Å². The highest BCUT2D eigenvalue weighted by atomic mass is 16.9. The summed E-state index contributed by atoms with van der Waals surface area (Å²) in [7, 11) is 0. The second-order valence-electron chi connectivity index (χ2n) is 4.52. The number of nitrogens with two attached hydrogens (primary N) is 1. The van der Waals surface area contributed by atoms with E-state index in [0.717, 1.165) is 5.39 Å². The highest BCUT2D eigenvalue weighted by Crippen LogP contribution is 2.40. The molecular weight excluding hydrogens is 260 g/mol. The molecule has 3 heterocycles. The minimum absolute atomic E-state index is 0.381. The smallest absolute Gasteiger partial charge is 0.336 e. The van der Waals surface area contributed by atoms with Crippen LogP contribution in [0, 0.1) is 0 Å². The van der Waals surface area contributed by atoms with E-state index in [0.29, 0.717) is 17.1 Å². The van der Waals surface area contributed by atoms with Crippen molar-refractivity contribution in [3.63, 3.8) is 0 Å². The first kappa shape index (κ1) is 11.3. The van der Waals surface area contributed by atoms with E-state index in [2.05, 4.69) is 0 Å². The van der Waals surface area contributed by atoms with Crippen LogP contribution in [0.15, 0.2) is 63.7 Å². The second-order valence-corrected chi connectivity index (χ2v) is 4.52. The van der Waals surface area contributed by atoms with Crippen molar-refractivity contribution in [3.05, 3.63) is 64.9 Å². The fourth-order valence-electron chi connectivity index (χ4n) is 2.12. The van der Waals surface area contributed by atoms with Gasteiger partial charge < -0.3 is 9.15 Å². The maximum Gasteiger partial charge on any atom is 0.336 e. The lowest BCUT2D eigenvalue weighted by molar-refractivity contribution is 0.228. The number of hydrogen-bond donors (Lipinski definition) is 1. The zero-order valence-corrected chi connectivity index (χ0v) is 10.3. The summed E-state index contributed by atoms with van der Waals surface area (Å²) in [6, 6.07) is 8.40. The molecule has 1 unspecified atom stereocenters. The fraction of sp³-hybridized carbons (Fsp3) is 0.0714. The van der Waals surface area contributed by atoms with Gasteiger partial charge in [0.2, 0.25) is 0 Å². The van der Waals surface area contributed by atoms with Crippen LogP contribution in [0.25, 0.3) is 11.0 Å². The number of hydroxylamine groups is 2. The average molecular weight is 270 g/mol. The van der Waals surface area contributed by atoms with Gasteiger partial charge in [-0.3, -0.25) is 5.73 Å². The van der Waals surface area contributed by atoms with Crippen LogP contribution in [-0.4, -0.2) is 10.9 Å². The quantitative estimate of drug-likeness (QED) is 0.657. The summed E-state index contributed by atoms with van der Waals surface area (Å²) in [5.74, 6) is -0.215. The lowest BCUT2D eigenvalue weighted by atomic mass is 10.2. The first-order valence-electron chi connectivity index (χ1n) is 6.04. The van der Waals surface area contributed by atoms with Crippen molar-refractivity contribution in [2.45, 2.75) is 5.85 Å². The Hall–Kier alpha value is -2.57. The third kappa shape index (κ3) is 1.56. The van der Waals surface area contributed by atoms with E-state index < -0.39 is 11.5 Å². The first-order valence-corrected chi connectivity index (χ1v) is 6.04. The summed E-state index contributed by atoms with van der Waals surface area (Å²) in [5, 5.41) is 2.25. The Kier molecular flexibility index (Phi) is 2.10. The number of nitrogens with zero attached hydrogens (tertiary/aromatic N) is 1. The molecule has 1 fully saturated rings. The molecule has 2 N–H and O–H groups in total. The van der Waals surface area contributed by atoms with E-state index in [1.165, 1.54) is 11.1 Å². The normalized spacial score (nSPS) is 23.4. The van der Waals surface area contributed by atoms with Crippen molar-refractivity contribution in [2.24, 2.45) is 5.73 Å². The third-order valence-electron chi connectivity index (χ3n) is 3.19. The lowest BCUT2D eigenvalue weighted by Gasteiger charge is -2.14. The van der Waals surface area contributed by atoms with E-state index in [4.69, 9.17) is 19.7 Å². The maximum absolute atomic E-state index is 11.4. The predicted molar refractivity (Wildman–Crippen MR) is 70.2 cm³/mol. The molecule has 0 bridgehead atoms. The van der Waals surface area contributed by atoms with Gasteiger partial charge in [0.1, 0.15) is 0 Å². The Labute approximate surface area is 113 Å². The molecule has 0 spiro atoms. The molecule has 4 rings (SSSR count). The van der Waals surface area contributed by atoms with Gasteiger partial charge in [-0.25, -0.2) is 14.7 Å². The van der Waals surface area contributed by atoms with Gasteiger partial charge in [0.15, 0.2) is 17.1 Å². The topological polar surface area (TPSA) is 81.0 Å². The number of benzene rings is 1. The van der Waals surface area contributed by atoms with Crippen molar-refractivity contribution in [3.8, 4) is 5.75 Å². The molecule has 1 atom stereocenters. The summed E-state index contributed by atoms with van der Waals surface area (Å²) in [4.78, 5) is 16.6. The van der Waals surface area contributed by atoms with Gasteiger partial charge in [0, 0.05) is 17.7 Å². The standard InChI is InChI=1S/C14H10N2O4/c15-14-11(5-2-8-16(14)20-14)18-10-4-1-3-9-6-7-12(17)19-13(9)10/h1-8H,15H2. The highest BCUT2D eigenvalue weighted by molar-refractivity contribution is 5.82. The van der Waals surface area contributed by atoms with Crippen molar-refractivity contribution in [1.29, 1.82) is 0 Å². The number of rotatable bonds is 2. The van der Waals surface area contributed by atoms with Gasteiger partial charge in [-0.2, -0.15) is 0 Å². The SMILES string of the molecule is NC12ON1C=CC=C2Oc1cccc2ccc(=O)oc12. The zero-order valence-electron chi connectivity index (χ0n) is 10.3. The van der Waals surface area contributed by atoms with Crippen LogP contribution in [-0.2, 0) is 4.84 Å². The molecule has 1 saturated heterocycles. The summed E-state index contributed by atoms with van der Waals surface area (Å²) in [6.45, 7) is 0. The van der Waals surface area contributed by atoms with Crippen LogP contribution in [0.3, 0.4) is 0 Å². The van der Waals surface area contributed by atoms with Crippen LogP contribution in [0.1, 0.15) is 0 Å². The van der Waals surface area contributed by atoms with Crippen molar-refractivity contribution < 1.29 is 14.0 Å². The lowest BCUT2D eigenvalue weighted by Crippen LogP contribution is -2.34. The van der Waals surface area contributed by atoms with Gasteiger partial charge in [-0.1, -0.05) is 12.1 Å². The van der Waals surface area contributed by atoms with E-state index in [-0.39, 0.29) is 0 Å². The van der Waals surface area contributed by atoms with Gasteiger partial charge in [0.25, 0.3) is 0 Å². The molecule has 2 aliphatic rings. The molecule has 20 heavy (non-hydrogen) atoms. The van der Waals surface area contributed by atoms with Gasteiger partial charge in [-0.05, 0) is 24.3 Å². The van der Waals surface area contributed by atoms with E-state index in [1.807, 2.05) is 12.1 Å². The Balaban J connectivity index is 1.80. The number of hydrogen-bond acceptors (Lipinski definition) is 6. The Morgan fingerprint density at radius 3 is 3.05 bits per heavy atom. The molecule has 0 saturated carbocycles. The summed E-state index contributed by atoms with van der Waals surface area (Å²) >= 11 is 0. The number of fused-ring (bicyclic) bond motifs is 2. The number of ether oxygens (including phenoxy) is 1. The molecular formula is C14H10N2O4. The summed E-state index contributed by atoms with van der Waals surface area (Å²) in [5.41, 5.74) is 5.93. The minimum atomic E-state index is -1.06. The van der Waals surface area contributed by atoms with Gasteiger partial charge in [0.05, 0.1) is 0 Å². The summed E-state index contributed by atoms with van der Waals surface area (Å²) < 4.78 is 11.0. The van der Waals surface area contributed by atoms with Crippen LogP contribution in [0.4, 0.5) is 0 Å². The monoisotopic (exact) mass is 270 g/mol. The molecule has 0 aliphatic carbocycles. The Morgan fingerprint density at radius 2 is 2.15 bits per heavy atom. The molecule has 0 radical (unpaired) electrons. The predicted octanol–water partition coefficient (Wildman–Crippen LogP) is 1.44. The van der Waals surface area contributed by atoms with Crippen molar-refractivity contribution in [2.75, 3.05) is 0 Å². The molecule has 0 amide bonds. The summed E-state index contributed by atoms with van der Waals surface area (Å²) in [6.07, 6.45) is 5.17. The van der Waals surface area contributed by atoms with Crippen molar-refractivity contribution in [1.82, 2.24) is 5.06 Å². The largest absolute Gasteiger partial charge is 0.451 e. The molecule has 2 aliphatic heterocycles. The molecule has 6 heteroatoms. The molecule has 1 aromatic heterocycles. The van der Waals surface area contributed by atoms with Crippen LogP contribution in [0.2, 0.25) is 0 Å². The van der Waals surface area contributed by atoms with Gasteiger partial charge >= 0.3 is 11.5 Å². The van der Waals surface area contributed by atoms with Crippen LogP contribution < -0.4 is 16.1 Å². The average Bonchev–Trinajstić information content (AvgIpc) is 3.12. The van der Waals surface area contributed by atoms with Crippen LogP contribution in [0.5, 0.6) is 5.75 Å². The van der Waals surface area contributed by atoms with E-state index >= 15 is 0 Å². The number of para-hydroxylation sites is 1. The molecule has 6 nitrogen and oxygen atoms in total. The second kappa shape index (κ2) is 3.72. The van der Waals surface area contributed by atoms with Crippen LogP contribution >= 0.6 is 0 Å². The zero-order chi connectivity index (χ0) is 13.7. The van der Waals surface area contributed by atoms with E-state index in [1.54, 1.807) is 30.5 Å². The molecule has 1 aromatic carbocycles.